The molecule has 0 aliphatic carbocycles. The molecule has 98 valence electrons. The first-order chi connectivity index (χ1) is 8.93. The number of hydrogen-bond donors (Lipinski definition) is 1. The Labute approximate surface area is 109 Å². The minimum Gasteiger partial charge on any atom is -0.378 e. The molecule has 0 radical (unpaired) electrons. The number of fused-ring (bicyclic) bond motifs is 1. The van der Waals surface area contributed by atoms with Crippen LogP contribution in [0.25, 0.3) is 0 Å². The number of rotatable bonds is 2. The summed E-state index contributed by atoms with van der Waals surface area (Å²) in [4.78, 5) is 2.54. The van der Waals surface area contributed by atoms with Gasteiger partial charge in [0, 0.05) is 31.4 Å². The van der Waals surface area contributed by atoms with Crippen molar-refractivity contribution in [3.05, 3.63) is 29.8 Å². The number of para-hydroxylation sites is 1. The van der Waals surface area contributed by atoms with E-state index in [4.69, 9.17) is 4.74 Å². The molecule has 3 rings (SSSR count). The maximum atomic E-state index is 5.55. The predicted molar refractivity (Wildman–Crippen MR) is 74.2 cm³/mol. The monoisotopic (exact) mass is 246 g/mol. The van der Waals surface area contributed by atoms with Crippen molar-refractivity contribution in [3.8, 4) is 0 Å². The summed E-state index contributed by atoms with van der Waals surface area (Å²) in [6.45, 7) is 4.93. The van der Waals surface area contributed by atoms with Gasteiger partial charge in [0.05, 0.1) is 13.2 Å². The van der Waals surface area contributed by atoms with Gasteiger partial charge in [0.1, 0.15) is 0 Å². The molecule has 18 heavy (non-hydrogen) atoms. The van der Waals surface area contributed by atoms with Crippen molar-refractivity contribution in [3.63, 3.8) is 0 Å². The van der Waals surface area contributed by atoms with Gasteiger partial charge in [-0.3, -0.25) is 0 Å². The topological polar surface area (TPSA) is 24.5 Å². The molecular weight excluding hydrogens is 224 g/mol. The maximum Gasteiger partial charge on any atom is 0.0637 e. The highest BCUT2D eigenvalue weighted by Gasteiger charge is 2.20. The molecule has 2 aliphatic heterocycles. The van der Waals surface area contributed by atoms with Gasteiger partial charge in [-0.25, -0.2) is 0 Å². The molecule has 0 spiro atoms. The van der Waals surface area contributed by atoms with Gasteiger partial charge >= 0.3 is 0 Å². The van der Waals surface area contributed by atoms with Crippen LogP contribution in [-0.4, -0.2) is 38.9 Å². The number of nitrogens with one attached hydrogen (secondary N) is 1. The van der Waals surface area contributed by atoms with E-state index in [0.717, 1.165) is 26.3 Å². The number of nitrogens with zero attached hydrogens (tertiary/aromatic N) is 1. The summed E-state index contributed by atoms with van der Waals surface area (Å²) >= 11 is 0. The van der Waals surface area contributed by atoms with Gasteiger partial charge in [0.15, 0.2) is 0 Å². The quantitative estimate of drug-likeness (QED) is 0.861. The molecule has 1 atom stereocenters. The lowest BCUT2D eigenvalue weighted by Gasteiger charge is -2.32. The van der Waals surface area contributed by atoms with E-state index >= 15 is 0 Å². The minimum atomic E-state index is 0.477. The smallest absolute Gasteiger partial charge is 0.0637 e. The van der Waals surface area contributed by atoms with Gasteiger partial charge < -0.3 is 15.0 Å². The van der Waals surface area contributed by atoms with Crippen molar-refractivity contribution < 1.29 is 4.74 Å². The van der Waals surface area contributed by atoms with Gasteiger partial charge in [0.2, 0.25) is 0 Å². The fraction of sp³-hybridized carbons (Fsp3) is 0.600. The van der Waals surface area contributed by atoms with Gasteiger partial charge in [-0.2, -0.15) is 0 Å². The molecule has 1 saturated heterocycles. The van der Waals surface area contributed by atoms with Crippen molar-refractivity contribution in [2.75, 3.05) is 37.7 Å². The molecule has 1 aromatic rings. The Balaban J connectivity index is 1.74. The Hall–Kier alpha value is -1.06. The Morgan fingerprint density at radius 3 is 3.11 bits per heavy atom. The Kier molecular flexibility index (Phi) is 3.81. The summed E-state index contributed by atoms with van der Waals surface area (Å²) in [7, 11) is 0. The summed E-state index contributed by atoms with van der Waals surface area (Å²) in [6.07, 6.45) is 3.83. The van der Waals surface area contributed by atoms with Crippen LogP contribution in [0.2, 0.25) is 0 Å². The summed E-state index contributed by atoms with van der Waals surface area (Å²) in [5.74, 6) is 0. The second-order valence-electron chi connectivity index (χ2n) is 5.26. The number of morpholine rings is 1. The average Bonchev–Trinajstić information content (AvgIpc) is 2.63. The van der Waals surface area contributed by atoms with Crippen molar-refractivity contribution >= 4 is 5.69 Å². The molecule has 1 unspecified atom stereocenters. The van der Waals surface area contributed by atoms with E-state index in [2.05, 4.69) is 34.5 Å². The van der Waals surface area contributed by atoms with Gasteiger partial charge in [0.25, 0.3) is 0 Å². The second-order valence-corrected chi connectivity index (χ2v) is 5.26. The summed E-state index contributed by atoms with van der Waals surface area (Å²) in [5.41, 5.74) is 2.94. The third-order valence-corrected chi connectivity index (χ3v) is 3.90. The van der Waals surface area contributed by atoms with Crippen molar-refractivity contribution in [1.29, 1.82) is 0 Å². The zero-order chi connectivity index (χ0) is 12.2. The van der Waals surface area contributed by atoms with Crippen LogP contribution in [0.3, 0.4) is 0 Å². The molecular formula is C15H22N2O. The van der Waals surface area contributed by atoms with Crippen LogP contribution >= 0.6 is 0 Å². The molecule has 3 heteroatoms. The zero-order valence-electron chi connectivity index (χ0n) is 10.9. The molecule has 0 amide bonds. The van der Waals surface area contributed by atoms with Gasteiger partial charge in [-0.15, -0.1) is 0 Å². The van der Waals surface area contributed by atoms with E-state index < -0.39 is 0 Å². The first-order valence-electron chi connectivity index (χ1n) is 7.07. The molecule has 3 nitrogen and oxygen atoms in total. The maximum absolute atomic E-state index is 5.55. The van der Waals surface area contributed by atoms with Crippen molar-refractivity contribution in [2.24, 2.45) is 0 Å². The largest absolute Gasteiger partial charge is 0.378 e. The van der Waals surface area contributed by atoms with E-state index in [0.29, 0.717) is 6.04 Å². The fourth-order valence-electron chi connectivity index (χ4n) is 2.96. The van der Waals surface area contributed by atoms with Crippen molar-refractivity contribution in [2.45, 2.75) is 25.3 Å². The second kappa shape index (κ2) is 5.72. The van der Waals surface area contributed by atoms with Crippen LogP contribution in [0.1, 0.15) is 18.4 Å². The van der Waals surface area contributed by atoms with Crippen molar-refractivity contribution in [1.82, 2.24) is 5.32 Å². The van der Waals surface area contributed by atoms with Gasteiger partial charge in [-0.1, -0.05) is 18.2 Å². The lowest BCUT2D eigenvalue weighted by atomic mass is 10.1. The lowest BCUT2D eigenvalue weighted by molar-refractivity contribution is 0.0788. The highest BCUT2D eigenvalue weighted by molar-refractivity contribution is 5.54. The highest BCUT2D eigenvalue weighted by atomic mass is 16.5. The number of aryl methyl sites for hydroxylation is 1. The normalized spacial score (nSPS) is 24.4. The standard InChI is InChI=1S/C15H22N2O/c1-2-7-15-13(5-1)6-3-4-9-17(15)11-14-12-18-10-8-16-14/h1-2,5,7,14,16H,3-4,6,8-12H2. The number of benzene rings is 1. The van der Waals surface area contributed by atoms with E-state index in [1.54, 1.807) is 0 Å². The van der Waals surface area contributed by atoms with Crippen LogP contribution in [0, 0.1) is 0 Å². The molecule has 0 aromatic heterocycles. The molecule has 0 bridgehead atoms. The van der Waals surface area contributed by atoms with Crippen LogP contribution in [0.15, 0.2) is 24.3 Å². The summed E-state index contributed by atoms with van der Waals surface area (Å²) < 4.78 is 5.55. The molecule has 1 N–H and O–H groups in total. The fourth-order valence-corrected chi connectivity index (χ4v) is 2.96. The average molecular weight is 246 g/mol. The Bertz CT molecular complexity index is 388. The molecule has 2 heterocycles. The third-order valence-electron chi connectivity index (χ3n) is 3.90. The number of anilines is 1. The predicted octanol–water partition coefficient (Wildman–Crippen LogP) is 1.82. The Morgan fingerprint density at radius 2 is 2.22 bits per heavy atom. The summed E-state index contributed by atoms with van der Waals surface area (Å²) in [5, 5.41) is 3.55. The van der Waals surface area contributed by atoms with Crippen LogP contribution < -0.4 is 10.2 Å². The first-order valence-corrected chi connectivity index (χ1v) is 7.07. The molecule has 0 saturated carbocycles. The van der Waals surface area contributed by atoms with E-state index in [1.165, 1.54) is 37.1 Å². The van der Waals surface area contributed by atoms with Crippen LogP contribution in [0.4, 0.5) is 5.69 Å². The first kappa shape index (κ1) is 12.0. The molecule has 2 aliphatic rings. The number of ether oxygens (including phenoxy) is 1. The summed E-state index contributed by atoms with van der Waals surface area (Å²) in [6, 6.07) is 9.33. The molecule has 1 fully saturated rings. The minimum absolute atomic E-state index is 0.477. The van der Waals surface area contributed by atoms with E-state index in [9.17, 15) is 0 Å². The van der Waals surface area contributed by atoms with Crippen LogP contribution in [-0.2, 0) is 11.2 Å². The van der Waals surface area contributed by atoms with E-state index in [1.807, 2.05) is 0 Å². The SMILES string of the molecule is c1ccc2c(c1)CCCCN2CC1COCCN1. The highest BCUT2D eigenvalue weighted by Crippen LogP contribution is 2.26. The zero-order valence-corrected chi connectivity index (χ0v) is 10.9. The third kappa shape index (κ3) is 2.68. The van der Waals surface area contributed by atoms with Crippen LogP contribution in [0.5, 0.6) is 0 Å². The van der Waals surface area contributed by atoms with Gasteiger partial charge in [-0.05, 0) is 30.9 Å². The van der Waals surface area contributed by atoms with E-state index in [-0.39, 0.29) is 0 Å². The molecule has 1 aromatic carbocycles. The Morgan fingerprint density at radius 1 is 1.28 bits per heavy atom. The number of hydrogen-bond acceptors (Lipinski definition) is 3. The lowest BCUT2D eigenvalue weighted by Crippen LogP contribution is -2.48.